The number of amides is 2. The van der Waals surface area contributed by atoms with Crippen molar-refractivity contribution in [3.63, 3.8) is 0 Å². The van der Waals surface area contributed by atoms with Crippen molar-refractivity contribution >= 4 is 17.5 Å². The number of benzene rings is 2. The lowest BCUT2D eigenvalue weighted by atomic mass is 10.1. The van der Waals surface area contributed by atoms with E-state index >= 15 is 0 Å². The average molecular weight is 380 g/mol. The number of anilines is 1. The van der Waals surface area contributed by atoms with Crippen molar-refractivity contribution in [3.05, 3.63) is 59.7 Å². The van der Waals surface area contributed by atoms with Crippen molar-refractivity contribution in [1.29, 1.82) is 0 Å². The first-order chi connectivity index (χ1) is 13.5. The van der Waals surface area contributed by atoms with Crippen molar-refractivity contribution in [3.8, 4) is 5.75 Å². The van der Waals surface area contributed by atoms with Gasteiger partial charge < -0.3 is 15.0 Å². The summed E-state index contributed by atoms with van der Waals surface area (Å²) in [4.78, 5) is 26.2. The molecule has 148 valence electrons. The highest BCUT2D eigenvalue weighted by atomic mass is 16.5. The second-order valence-electron chi connectivity index (χ2n) is 7.40. The first kappa shape index (κ1) is 19.9. The number of carbonyl (C=O) groups excluding carboxylic acids is 2. The Hall–Kier alpha value is -2.82. The van der Waals surface area contributed by atoms with Gasteiger partial charge in [0.2, 0.25) is 5.91 Å². The number of nitrogens with zero attached hydrogens (tertiary/aromatic N) is 1. The third kappa shape index (κ3) is 5.35. The Morgan fingerprint density at radius 3 is 2.79 bits per heavy atom. The van der Waals surface area contributed by atoms with Crippen LogP contribution in [0.3, 0.4) is 0 Å². The molecule has 2 amide bonds. The fourth-order valence-electron chi connectivity index (χ4n) is 3.40. The fraction of sp³-hybridized carbons (Fsp3) is 0.391. The van der Waals surface area contributed by atoms with E-state index in [1.165, 1.54) is 5.56 Å². The minimum absolute atomic E-state index is 0.0331. The molecule has 0 bridgehead atoms. The Labute approximate surface area is 166 Å². The predicted molar refractivity (Wildman–Crippen MR) is 111 cm³/mol. The second kappa shape index (κ2) is 9.40. The summed E-state index contributed by atoms with van der Waals surface area (Å²) < 4.78 is 5.49. The van der Waals surface area contributed by atoms with Gasteiger partial charge in [-0.05, 0) is 56.4 Å². The van der Waals surface area contributed by atoms with Crippen molar-refractivity contribution in [2.24, 2.45) is 0 Å². The van der Waals surface area contributed by atoms with Gasteiger partial charge in [0, 0.05) is 19.0 Å². The van der Waals surface area contributed by atoms with Crippen LogP contribution in [0.2, 0.25) is 0 Å². The Morgan fingerprint density at radius 1 is 1.21 bits per heavy atom. The third-order valence-electron chi connectivity index (χ3n) is 4.96. The van der Waals surface area contributed by atoms with Crippen molar-refractivity contribution in [2.75, 3.05) is 18.1 Å². The monoisotopic (exact) mass is 380 g/mol. The van der Waals surface area contributed by atoms with Crippen LogP contribution in [0.15, 0.2) is 48.5 Å². The molecule has 28 heavy (non-hydrogen) atoms. The van der Waals surface area contributed by atoms with E-state index in [9.17, 15) is 9.59 Å². The molecule has 1 aliphatic heterocycles. The maximum absolute atomic E-state index is 12.2. The van der Waals surface area contributed by atoms with Gasteiger partial charge in [-0.1, -0.05) is 36.4 Å². The normalized spacial score (nSPS) is 14.2. The lowest BCUT2D eigenvalue weighted by Gasteiger charge is -2.29. The molecular formula is C23H28N2O3. The molecule has 2 aromatic rings. The van der Waals surface area contributed by atoms with E-state index in [4.69, 9.17) is 4.74 Å². The highest BCUT2D eigenvalue weighted by molar-refractivity contribution is 5.98. The summed E-state index contributed by atoms with van der Waals surface area (Å²) in [5, 5.41) is 3.06. The maximum Gasteiger partial charge on any atom is 0.265 e. The summed E-state index contributed by atoms with van der Waals surface area (Å²) in [6.45, 7) is 4.59. The smallest absolute Gasteiger partial charge is 0.265 e. The molecule has 0 aromatic heterocycles. The van der Waals surface area contributed by atoms with Gasteiger partial charge in [0.15, 0.2) is 6.61 Å². The molecule has 1 N–H and O–H groups in total. The van der Waals surface area contributed by atoms with Crippen LogP contribution >= 0.6 is 0 Å². The number of hydrogen-bond donors (Lipinski definition) is 1. The van der Waals surface area contributed by atoms with Crippen molar-refractivity contribution in [1.82, 2.24) is 5.32 Å². The van der Waals surface area contributed by atoms with E-state index in [0.717, 1.165) is 29.8 Å². The molecule has 2 aromatic carbocycles. The summed E-state index contributed by atoms with van der Waals surface area (Å²) in [7, 11) is 0. The van der Waals surface area contributed by atoms with E-state index in [1.807, 2.05) is 50.2 Å². The Morgan fingerprint density at radius 2 is 2.00 bits per heavy atom. The number of nitrogens with one attached hydrogen (secondary N) is 1. The summed E-state index contributed by atoms with van der Waals surface area (Å²) >= 11 is 0. The number of carbonyl (C=O) groups is 2. The number of rotatable bonds is 8. The van der Waals surface area contributed by atoms with Gasteiger partial charge in [0.25, 0.3) is 5.91 Å². The van der Waals surface area contributed by atoms with Crippen LogP contribution in [0, 0.1) is 6.92 Å². The van der Waals surface area contributed by atoms with Crippen LogP contribution in [0.4, 0.5) is 5.69 Å². The zero-order chi connectivity index (χ0) is 19.9. The number of hydrogen-bond acceptors (Lipinski definition) is 3. The number of ether oxygens (including phenoxy) is 1. The number of fused-ring (bicyclic) bond motifs is 1. The molecule has 0 aliphatic carbocycles. The molecule has 1 heterocycles. The fourth-order valence-corrected chi connectivity index (χ4v) is 3.40. The van der Waals surface area contributed by atoms with Crippen LogP contribution in [0.25, 0.3) is 0 Å². The molecule has 0 fully saturated rings. The first-order valence-electron chi connectivity index (χ1n) is 9.90. The van der Waals surface area contributed by atoms with Gasteiger partial charge >= 0.3 is 0 Å². The molecule has 0 saturated carbocycles. The van der Waals surface area contributed by atoms with Crippen molar-refractivity contribution < 1.29 is 14.3 Å². The molecule has 5 nitrogen and oxygen atoms in total. The Kier molecular flexibility index (Phi) is 6.69. The Bertz CT molecular complexity index is 820. The van der Waals surface area contributed by atoms with Gasteiger partial charge in [-0.15, -0.1) is 0 Å². The molecule has 1 atom stereocenters. The molecule has 0 saturated heterocycles. The molecule has 1 aliphatic rings. The molecule has 0 unspecified atom stereocenters. The summed E-state index contributed by atoms with van der Waals surface area (Å²) in [5.41, 5.74) is 3.16. The van der Waals surface area contributed by atoms with Crippen LogP contribution < -0.4 is 15.0 Å². The maximum atomic E-state index is 12.2. The molecule has 0 spiro atoms. The Balaban J connectivity index is 1.44. The van der Waals surface area contributed by atoms with Gasteiger partial charge in [-0.2, -0.15) is 0 Å². The summed E-state index contributed by atoms with van der Waals surface area (Å²) in [6.07, 6.45) is 2.88. The quantitative estimate of drug-likeness (QED) is 0.761. The van der Waals surface area contributed by atoms with Gasteiger partial charge in [-0.3, -0.25) is 9.59 Å². The van der Waals surface area contributed by atoms with Gasteiger partial charge in [-0.25, -0.2) is 0 Å². The topological polar surface area (TPSA) is 58.6 Å². The summed E-state index contributed by atoms with van der Waals surface area (Å²) in [6, 6.07) is 16.2. The van der Waals surface area contributed by atoms with Crippen molar-refractivity contribution in [2.45, 2.75) is 45.6 Å². The lowest BCUT2D eigenvalue weighted by molar-refractivity contribution is -0.123. The van der Waals surface area contributed by atoms with E-state index in [1.54, 1.807) is 4.90 Å². The predicted octanol–water partition coefficient (Wildman–Crippen LogP) is 3.64. The standard InChI is InChI=1S/C23H28N2O3/c1-17-10-13-21-20(15-17)25(23(27)16-28-21)14-6-9-22(26)24-18(2)11-12-19-7-4-3-5-8-19/h3-5,7-8,10,13,15,18H,6,9,11-12,14,16H2,1-2H3,(H,24,26)/t18-/m1/s1. The summed E-state index contributed by atoms with van der Waals surface area (Å²) in [5.74, 6) is 0.699. The van der Waals surface area contributed by atoms with Crippen LogP contribution in [0.1, 0.15) is 37.3 Å². The highest BCUT2D eigenvalue weighted by Crippen LogP contribution is 2.32. The van der Waals surface area contributed by atoms with Gasteiger partial charge in [0.05, 0.1) is 5.69 Å². The largest absolute Gasteiger partial charge is 0.482 e. The zero-order valence-electron chi connectivity index (χ0n) is 16.6. The van der Waals surface area contributed by atoms with E-state index in [0.29, 0.717) is 19.4 Å². The highest BCUT2D eigenvalue weighted by Gasteiger charge is 2.25. The number of aryl methyl sites for hydroxylation is 2. The van der Waals surface area contributed by atoms with Gasteiger partial charge in [0.1, 0.15) is 5.75 Å². The molecule has 3 rings (SSSR count). The SMILES string of the molecule is Cc1ccc2c(c1)N(CCCC(=O)N[C@H](C)CCc1ccccc1)C(=O)CO2. The third-order valence-corrected chi connectivity index (χ3v) is 4.96. The first-order valence-corrected chi connectivity index (χ1v) is 9.90. The van der Waals surface area contributed by atoms with E-state index < -0.39 is 0 Å². The second-order valence-corrected chi connectivity index (χ2v) is 7.40. The molecule has 5 heteroatoms. The zero-order valence-corrected chi connectivity index (χ0v) is 16.6. The van der Waals surface area contributed by atoms with E-state index in [-0.39, 0.29) is 24.5 Å². The lowest BCUT2D eigenvalue weighted by Crippen LogP contribution is -2.40. The molecule has 0 radical (unpaired) electrons. The minimum Gasteiger partial charge on any atom is -0.482 e. The van der Waals surface area contributed by atoms with E-state index in [2.05, 4.69) is 17.4 Å². The average Bonchev–Trinajstić information content (AvgIpc) is 2.69. The minimum atomic E-state index is -0.0604. The van der Waals surface area contributed by atoms with Crippen LogP contribution in [-0.4, -0.2) is 31.0 Å². The molecular weight excluding hydrogens is 352 g/mol. The van der Waals surface area contributed by atoms with Crippen LogP contribution in [-0.2, 0) is 16.0 Å². The van der Waals surface area contributed by atoms with Crippen LogP contribution in [0.5, 0.6) is 5.75 Å².